The number of hydrogen-bond donors (Lipinski definition) is 1. The fourth-order valence-corrected chi connectivity index (χ4v) is 2.48. The Morgan fingerprint density at radius 2 is 1.82 bits per heavy atom. The van der Waals surface area contributed by atoms with Gasteiger partial charge in [-0.25, -0.2) is 9.37 Å². The van der Waals surface area contributed by atoms with Gasteiger partial charge in [0, 0.05) is 26.0 Å². The van der Waals surface area contributed by atoms with Crippen molar-refractivity contribution in [1.82, 2.24) is 14.9 Å². The number of rotatable bonds is 5. The quantitative estimate of drug-likeness (QED) is 0.781. The summed E-state index contributed by atoms with van der Waals surface area (Å²) in [5, 5.41) is 3.51. The third kappa shape index (κ3) is 3.23. The summed E-state index contributed by atoms with van der Waals surface area (Å²) in [4.78, 5) is 4.46. The molecule has 22 heavy (non-hydrogen) atoms. The molecule has 0 saturated carbocycles. The summed E-state index contributed by atoms with van der Waals surface area (Å²) < 4.78 is 15.0. The number of aryl methyl sites for hydroxylation is 1. The number of aromatic nitrogens is 2. The largest absolute Gasteiger partial charge is 0.336 e. The monoisotopic (exact) mass is 295 g/mol. The summed E-state index contributed by atoms with van der Waals surface area (Å²) in [7, 11) is 1.98. The van der Waals surface area contributed by atoms with Crippen LogP contribution < -0.4 is 5.32 Å². The molecular formula is C18H18FN3. The van der Waals surface area contributed by atoms with Gasteiger partial charge in [-0.1, -0.05) is 42.5 Å². The number of benzene rings is 2. The average molecular weight is 295 g/mol. The SMILES string of the molecule is Cn1ccnc1C(NCc1ccc(F)cc1)c1ccccc1. The lowest BCUT2D eigenvalue weighted by Crippen LogP contribution is -2.24. The molecule has 112 valence electrons. The van der Waals surface area contributed by atoms with Crippen molar-refractivity contribution in [2.45, 2.75) is 12.6 Å². The van der Waals surface area contributed by atoms with Gasteiger partial charge in [0.25, 0.3) is 0 Å². The van der Waals surface area contributed by atoms with E-state index in [1.54, 1.807) is 18.3 Å². The van der Waals surface area contributed by atoms with Crippen LogP contribution in [0.15, 0.2) is 67.0 Å². The third-order valence-corrected chi connectivity index (χ3v) is 3.67. The molecule has 0 fully saturated rings. The lowest BCUT2D eigenvalue weighted by Gasteiger charge is -2.19. The predicted molar refractivity (Wildman–Crippen MR) is 84.7 cm³/mol. The van der Waals surface area contributed by atoms with Crippen LogP contribution in [0.3, 0.4) is 0 Å². The van der Waals surface area contributed by atoms with Crippen molar-refractivity contribution in [1.29, 1.82) is 0 Å². The molecule has 0 radical (unpaired) electrons. The Bertz CT molecular complexity index is 720. The first-order valence-electron chi connectivity index (χ1n) is 7.24. The molecule has 1 atom stereocenters. The molecule has 3 aromatic rings. The van der Waals surface area contributed by atoms with Crippen LogP contribution in [0.4, 0.5) is 4.39 Å². The van der Waals surface area contributed by atoms with Gasteiger partial charge in [0.2, 0.25) is 0 Å². The fourth-order valence-electron chi connectivity index (χ4n) is 2.48. The molecule has 0 aliphatic heterocycles. The fraction of sp³-hybridized carbons (Fsp3) is 0.167. The zero-order valence-electron chi connectivity index (χ0n) is 12.4. The van der Waals surface area contributed by atoms with Gasteiger partial charge < -0.3 is 4.57 Å². The Balaban J connectivity index is 1.83. The third-order valence-electron chi connectivity index (χ3n) is 3.67. The molecule has 0 aliphatic carbocycles. The van der Waals surface area contributed by atoms with E-state index in [1.165, 1.54) is 12.1 Å². The number of imidazole rings is 1. The number of nitrogens with zero attached hydrogens (tertiary/aromatic N) is 2. The van der Waals surface area contributed by atoms with Gasteiger partial charge in [0.15, 0.2) is 0 Å². The van der Waals surface area contributed by atoms with Crippen molar-refractivity contribution in [3.05, 3.63) is 89.8 Å². The van der Waals surface area contributed by atoms with E-state index in [0.717, 1.165) is 17.0 Å². The lowest BCUT2D eigenvalue weighted by atomic mass is 10.1. The molecule has 3 rings (SSSR count). The summed E-state index contributed by atoms with van der Waals surface area (Å²) in [5.74, 6) is 0.737. The van der Waals surface area contributed by atoms with Crippen LogP contribution in [0.2, 0.25) is 0 Å². The Hall–Kier alpha value is -2.46. The second-order valence-electron chi connectivity index (χ2n) is 5.25. The molecule has 0 saturated heterocycles. The minimum atomic E-state index is -0.215. The summed E-state index contributed by atoms with van der Waals surface area (Å²) in [6, 6.07) is 16.7. The number of nitrogens with one attached hydrogen (secondary N) is 1. The highest BCUT2D eigenvalue weighted by atomic mass is 19.1. The summed E-state index contributed by atoms with van der Waals surface area (Å²) in [5.41, 5.74) is 2.19. The predicted octanol–water partition coefficient (Wildman–Crippen LogP) is 3.44. The van der Waals surface area contributed by atoms with Crippen molar-refractivity contribution >= 4 is 0 Å². The Kier molecular flexibility index (Phi) is 4.30. The molecule has 3 nitrogen and oxygen atoms in total. The number of halogens is 1. The van der Waals surface area contributed by atoms with Gasteiger partial charge >= 0.3 is 0 Å². The van der Waals surface area contributed by atoms with Crippen molar-refractivity contribution in [3.8, 4) is 0 Å². The second kappa shape index (κ2) is 6.54. The minimum Gasteiger partial charge on any atom is -0.336 e. The molecule has 1 heterocycles. The van der Waals surface area contributed by atoms with Crippen LogP contribution in [-0.4, -0.2) is 9.55 Å². The first kappa shape index (κ1) is 14.5. The first-order valence-corrected chi connectivity index (χ1v) is 7.24. The average Bonchev–Trinajstić information content (AvgIpc) is 2.97. The Morgan fingerprint density at radius 3 is 2.45 bits per heavy atom. The molecule has 0 amide bonds. The van der Waals surface area contributed by atoms with E-state index in [2.05, 4.69) is 22.4 Å². The minimum absolute atomic E-state index is 0.00810. The standard InChI is InChI=1S/C18H18FN3/c1-22-12-11-20-18(22)17(15-5-3-2-4-6-15)21-13-14-7-9-16(19)10-8-14/h2-12,17,21H,13H2,1H3. The highest BCUT2D eigenvalue weighted by Crippen LogP contribution is 2.20. The zero-order chi connectivity index (χ0) is 15.4. The maximum absolute atomic E-state index is 13.0. The summed E-state index contributed by atoms with van der Waals surface area (Å²) in [6.07, 6.45) is 3.73. The molecule has 0 bridgehead atoms. The second-order valence-corrected chi connectivity index (χ2v) is 5.25. The van der Waals surface area contributed by atoms with Crippen molar-refractivity contribution < 1.29 is 4.39 Å². The summed E-state index contributed by atoms with van der Waals surface area (Å²) >= 11 is 0. The molecule has 1 aromatic heterocycles. The van der Waals surface area contributed by atoms with Gasteiger partial charge in [-0.2, -0.15) is 0 Å². The normalized spacial score (nSPS) is 12.3. The van der Waals surface area contributed by atoms with Crippen molar-refractivity contribution in [2.24, 2.45) is 7.05 Å². The molecule has 2 aromatic carbocycles. The molecule has 0 aliphatic rings. The summed E-state index contributed by atoms with van der Waals surface area (Å²) in [6.45, 7) is 0.646. The highest BCUT2D eigenvalue weighted by molar-refractivity contribution is 5.26. The van der Waals surface area contributed by atoms with Gasteiger partial charge in [0.1, 0.15) is 11.6 Å². The number of hydrogen-bond acceptors (Lipinski definition) is 2. The van der Waals surface area contributed by atoms with Gasteiger partial charge in [0.05, 0.1) is 6.04 Å². The molecule has 1 unspecified atom stereocenters. The van der Waals surface area contributed by atoms with Crippen LogP contribution in [0.1, 0.15) is 23.0 Å². The van der Waals surface area contributed by atoms with Crippen LogP contribution >= 0.6 is 0 Å². The first-order chi connectivity index (χ1) is 10.7. The van der Waals surface area contributed by atoms with E-state index < -0.39 is 0 Å². The van der Waals surface area contributed by atoms with Gasteiger partial charge in [-0.3, -0.25) is 5.32 Å². The van der Waals surface area contributed by atoms with Gasteiger partial charge in [-0.15, -0.1) is 0 Å². The highest BCUT2D eigenvalue weighted by Gasteiger charge is 2.17. The van der Waals surface area contributed by atoms with Crippen molar-refractivity contribution in [2.75, 3.05) is 0 Å². The van der Waals surface area contributed by atoms with E-state index in [-0.39, 0.29) is 11.9 Å². The maximum Gasteiger partial charge on any atom is 0.130 e. The van der Waals surface area contributed by atoms with E-state index in [9.17, 15) is 4.39 Å². The Morgan fingerprint density at radius 1 is 1.09 bits per heavy atom. The molecule has 4 heteroatoms. The van der Waals surface area contributed by atoms with Crippen LogP contribution in [0.5, 0.6) is 0 Å². The van der Waals surface area contributed by atoms with E-state index >= 15 is 0 Å². The zero-order valence-corrected chi connectivity index (χ0v) is 12.4. The maximum atomic E-state index is 13.0. The smallest absolute Gasteiger partial charge is 0.130 e. The van der Waals surface area contributed by atoms with E-state index in [1.807, 2.05) is 36.0 Å². The molecular weight excluding hydrogens is 277 g/mol. The topological polar surface area (TPSA) is 29.9 Å². The van der Waals surface area contributed by atoms with E-state index in [0.29, 0.717) is 6.54 Å². The van der Waals surface area contributed by atoms with Crippen LogP contribution in [0, 0.1) is 5.82 Å². The van der Waals surface area contributed by atoms with Crippen LogP contribution in [0.25, 0.3) is 0 Å². The van der Waals surface area contributed by atoms with E-state index in [4.69, 9.17) is 0 Å². The Labute approximate surface area is 129 Å². The van der Waals surface area contributed by atoms with Gasteiger partial charge in [-0.05, 0) is 23.3 Å². The lowest BCUT2D eigenvalue weighted by molar-refractivity contribution is 0.557. The molecule has 0 spiro atoms. The molecule has 1 N–H and O–H groups in total. The van der Waals surface area contributed by atoms with Crippen LogP contribution in [-0.2, 0) is 13.6 Å². The van der Waals surface area contributed by atoms with Crippen molar-refractivity contribution in [3.63, 3.8) is 0 Å².